The largest absolute Gasteiger partial charge is 4.00 e. The summed E-state index contributed by atoms with van der Waals surface area (Å²) in [7, 11) is 0. The molecule has 4 nitrogen and oxygen atoms in total. The van der Waals surface area contributed by atoms with Gasteiger partial charge >= 0.3 is 26.2 Å². The van der Waals surface area contributed by atoms with Crippen LogP contribution < -0.4 is 0 Å². The molecular weight excluding hydrogens is 347 g/mol. The van der Waals surface area contributed by atoms with Crippen molar-refractivity contribution in [2.24, 2.45) is 0 Å². The van der Waals surface area contributed by atoms with E-state index in [1.54, 1.807) is 52.8 Å². The van der Waals surface area contributed by atoms with E-state index in [9.17, 15) is 19.2 Å². The molecule has 0 atom stereocenters. The van der Waals surface area contributed by atoms with E-state index in [0.29, 0.717) is 22.3 Å². The van der Waals surface area contributed by atoms with Crippen molar-refractivity contribution in [3.8, 4) is 0 Å². The molecule has 21 heavy (non-hydrogen) atoms. The Bertz CT molecular complexity index is 296. The van der Waals surface area contributed by atoms with Gasteiger partial charge in [0.05, 0.1) is 0 Å². The van der Waals surface area contributed by atoms with Crippen LogP contribution in [-0.2, 0) is 45.4 Å². The van der Waals surface area contributed by atoms with E-state index in [4.69, 9.17) is 0 Å². The van der Waals surface area contributed by atoms with E-state index in [1.165, 1.54) is 0 Å². The smallest absolute Gasteiger partial charge is 0.419 e. The standard InChI is InChI=1S/4C4H5O.Zr/c4*1-4(2)3-5;/h4*1H2,2H3;/q4*-1;+4. The number of carbonyl (C=O) groups excluding carboxylic acids is 4. The van der Waals surface area contributed by atoms with E-state index in [0.717, 1.165) is 0 Å². The summed E-state index contributed by atoms with van der Waals surface area (Å²) in [6, 6.07) is 0. The molecule has 0 saturated carbocycles. The van der Waals surface area contributed by atoms with E-state index in [2.05, 4.69) is 26.3 Å². The first-order valence-electron chi connectivity index (χ1n) is 5.23. The van der Waals surface area contributed by atoms with E-state index >= 15 is 0 Å². The summed E-state index contributed by atoms with van der Waals surface area (Å²) < 4.78 is 0. The fourth-order valence-corrected chi connectivity index (χ4v) is 0. The van der Waals surface area contributed by atoms with Crippen molar-refractivity contribution in [1.82, 2.24) is 0 Å². The Morgan fingerprint density at radius 2 is 0.571 bits per heavy atom. The molecule has 0 fully saturated rings. The molecule has 0 aliphatic heterocycles. The Morgan fingerprint density at radius 1 is 0.524 bits per heavy atom. The quantitative estimate of drug-likeness (QED) is 0.566. The predicted octanol–water partition coefficient (Wildman–Crippen LogP) is 2.69. The maximum atomic E-state index is 9.28. The average Bonchev–Trinajstić information content (AvgIpc) is 2.40. The zero-order chi connectivity index (χ0) is 17.1. The van der Waals surface area contributed by atoms with Gasteiger partial charge in [0.25, 0.3) is 0 Å². The monoisotopic (exact) mass is 366 g/mol. The third-order valence-electron chi connectivity index (χ3n) is 0.697. The van der Waals surface area contributed by atoms with Crippen LogP contribution in [0.25, 0.3) is 0 Å². The van der Waals surface area contributed by atoms with Crippen LogP contribution in [0.2, 0.25) is 0 Å². The van der Waals surface area contributed by atoms with Gasteiger partial charge in [-0.15, -0.1) is 0 Å². The van der Waals surface area contributed by atoms with E-state index in [1.807, 2.05) is 0 Å². The van der Waals surface area contributed by atoms with Crippen molar-refractivity contribution >= 4 is 25.1 Å². The molecule has 0 heterocycles. The third kappa shape index (κ3) is 119. The number of allylic oxidation sites excluding steroid dienone is 4. The Balaban J connectivity index is -0.0000000533. The fourth-order valence-electron chi connectivity index (χ4n) is 0. The first-order valence-corrected chi connectivity index (χ1v) is 5.23. The van der Waals surface area contributed by atoms with Crippen LogP contribution in [-0.4, -0.2) is 25.1 Å². The van der Waals surface area contributed by atoms with Gasteiger partial charge in [-0.1, -0.05) is 27.7 Å². The van der Waals surface area contributed by atoms with Crippen LogP contribution >= 0.6 is 0 Å². The van der Waals surface area contributed by atoms with Gasteiger partial charge < -0.3 is 19.2 Å². The minimum atomic E-state index is 0. The van der Waals surface area contributed by atoms with Gasteiger partial charge in [0.2, 0.25) is 0 Å². The van der Waals surface area contributed by atoms with Gasteiger partial charge in [-0.05, 0) is 25.1 Å². The molecule has 112 valence electrons. The van der Waals surface area contributed by atoms with Crippen LogP contribution in [0.1, 0.15) is 27.7 Å². The van der Waals surface area contributed by atoms with Crippen molar-refractivity contribution < 1.29 is 45.4 Å². The van der Waals surface area contributed by atoms with Crippen molar-refractivity contribution in [2.75, 3.05) is 0 Å². The Hall–Kier alpha value is -1.48. The van der Waals surface area contributed by atoms with Gasteiger partial charge in [0, 0.05) is 0 Å². The Kier molecular flexibility index (Phi) is 40.8. The zero-order valence-electron chi connectivity index (χ0n) is 13.0. The second kappa shape index (κ2) is 27.0. The molecule has 0 bridgehead atoms. The van der Waals surface area contributed by atoms with Crippen LogP contribution in [0, 0.1) is 0 Å². The van der Waals surface area contributed by atoms with Crippen molar-refractivity contribution in [2.45, 2.75) is 27.7 Å². The van der Waals surface area contributed by atoms with Crippen LogP contribution in [0.5, 0.6) is 0 Å². The summed E-state index contributed by atoms with van der Waals surface area (Å²) >= 11 is 0. The summed E-state index contributed by atoms with van der Waals surface area (Å²) in [6.07, 6.45) is 6.33. The fraction of sp³-hybridized carbons (Fsp3) is 0.250. The third-order valence-corrected chi connectivity index (χ3v) is 0.697. The van der Waals surface area contributed by atoms with Crippen molar-refractivity contribution in [3.05, 3.63) is 48.6 Å². The van der Waals surface area contributed by atoms with Crippen LogP contribution in [0.4, 0.5) is 0 Å². The molecule has 0 aromatic heterocycles. The average molecular weight is 368 g/mol. The second-order valence-corrected chi connectivity index (χ2v) is 3.53. The molecule has 0 N–H and O–H groups in total. The number of hydrogen-bond acceptors (Lipinski definition) is 4. The SMILES string of the molecule is C=C(C)[C-]=O.C=C(C)[C-]=O.C=C(C)[C-]=O.C=C(C)[C-]=O.[Zr+4]. The summed E-state index contributed by atoms with van der Waals surface area (Å²) in [5.74, 6) is 0. The molecule has 0 aliphatic carbocycles. The summed E-state index contributed by atoms with van der Waals surface area (Å²) in [4.78, 5) is 37.1. The van der Waals surface area contributed by atoms with Crippen molar-refractivity contribution in [1.29, 1.82) is 0 Å². The number of rotatable bonds is 4. The maximum Gasteiger partial charge on any atom is 4.00 e. The molecule has 0 aromatic carbocycles. The molecule has 0 spiro atoms. The summed E-state index contributed by atoms with van der Waals surface area (Å²) in [5.41, 5.74) is 1.80. The summed E-state index contributed by atoms with van der Waals surface area (Å²) in [5, 5.41) is 0. The molecule has 0 rings (SSSR count). The minimum absolute atomic E-state index is 0. The predicted molar refractivity (Wildman–Crippen MR) is 82.0 cm³/mol. The molecule has 0 aromatic rings. The molecular formula is C16H20O4Zr. The molecule has 0 radical (unpaired) electrons. The van der Waals surface area contributed by atoms with Gasteiger partial charge in [-0.25, -0.2) is 26.3 Å². The molecule has 0 amide bonds. The molecule has 0 unspecified atom stereocenters. The minimum Gasteiger partial charge on any atom is -0.419 e. The molecule has 5 heteroatoms. The topological polar surface area (TPSA) is 68.3 Å². The molecule has 0 saturated heterocycles. The summed E-state index contributed by atoms with van der Waals surface area (Å²) in [6.45, 7) is 19.4. The zero-order valence-corrected chi connectivity index (χ0v) is 15.4. The normalized spacial score (nSPS) is 6.29. The first kappa shape index (κ1) is 31.8. The Morgan fingerprint density at radius 3 is 0.571 bits per heavy atom. The van der Waals surface area contributed by atoms with Crippen LogP contribution in [0.15, 0.2) is 48.6 Å². The number of hydrogen-bond donors (Lipinski definition) is 0. The second-order valence-electron chi connectivity index (χ2n) is 3.53. The van der Waals surface area contributed by atoms with Crippen molar-refractivity contribution in [3.63, 3.8) is 0 Å². The first-order chi connectivity index (χ1) is 9.08. The van der Waals surface area contributed by atoms with E-state index in [-0.39, 0.29) is 26.2 Å². The van der Waals surface area contributed by atoms with Crippen LogP contribution in [0.3, 0.4) is 0 Å². The van der Waals surface area contributed by atoms with Gasteiger partial charge in [-0.2, -0.15) is 22.3 Å². The van der Waals surface area contributed by atoms with Gasteiger partial charge in [0.15, 0.2) is 0 Å². The van der Waals surface area contributed by atoms with E-state index < -0.39 is 0 Å². The van der Waals surface area contributed by atoms with Gasteiger partial charge in [-0.3, -0.25) is 0 Å². The maximum absolute atomic E-state index is 9.28. The Labute approximate surface area is 146 Å². The van der Waals surface area contributed by atoms with Gasteiger partial charge in [0.1, 0.15) is 0 Å². The molecule has 0 aliphatic rings.